The van der Waals surface area contributed by atoms with Gasteiger partial charge in [0.15, 0.2) is 11.7 Å². The van der Waals surface area contributed by atoms with E-state index in [4.69, 9.17) is 9.47 Å². The second kappa shape index (κ2) is 4.58. The predicted molar refractivity (Wildman–Crippen MR) is 56.5 cm³/mol. The highest BCUT2D eigenvalue weighted by atomic mass is 16.7. The van der Waals surface area contributed by atoms with Gasteiger partial charge in [-0.15, -0.1) is 0 Å². The van der Waals surface area contributed by atoms with Crippen molar-refractivity contribution >= 4 is 12.1 Å². The number of hydrogen-bond acceptors (Lipinski definition) is 7. The molecule has 1 saturated heterocycles. The van der Waals surface area contributed by atoms with Crippen LogP contribution >= 0.6 is 0 Å². The van der Waals surface area contributed by atoms with Gasteiger partial charge >= 0.3 is 12.1 Å². The number of rotatable bonds is 3. The lowest BCUT2D eigenvalue weighted by Gasteiger charge is -2.32. The Labute approximate surface area is 103 Å². The largest absolute Gasteiger partial charge is 0.509 e. The van der Waals surface area contributed by atoms with Crippen molar-refractivity contribution in [3.63, 3.8) is 0 Å². The summed E-state index contributed by atoms with van der Waals surface area (Å²) in [5.41, 5.74) is -1.67. The molecule has 2 N–H and O–H groups in total. The van der Waals surface area contributed by atoms with E-state index in [0.717, 1.165) is 0 Å². The van der Waals surface area contributed by atoms with E-state index in [1.807, 2.05) is 0 Å². The molecule has 7 heteroatoms. The van der Waals surface area contributed by atoms with Gasteiger partial charge in [-0.1, -0.05) is 12.7 Å². The molecule has 1 saturated carbocycles. The van der Waals surface area contributed by atoms with Crippen LogP contribution in [0.4, 0.5) is 4.79 Å². The summed E-state index contributed by atoms with van der Waals surface area (Å²) in [5.74, 6) is -0.794. The number of ether oxygens (including phenoxy) is 3. The van der Waals surface area contributed by atoms with Crippen LogP contribution in [0.5, 0.6) is 0 Å². The van der Waals surface area contributed by atoms with Crippen molar-refractivity contribution in [3.8, 4) is 0 Å². The Kier molecular flexibility index (Phi) is 3.27. The van der Waals surface area contributed by atoms with Crippen molar-refractivity contribution in [3.05, 3.63) is 12.7 Å². The predicted octanol–water partition coefficient (Wildman–Crippen LogP) is -0.495. The first-order chi connectivity index (χ1) is 8.46. The molecule has 18 heavy (non-hydrogen) atoms. The molecule has 4 atom stereocenters. The summed E-state index contributed by atoms with van der Waals surface area (Å²) < 4.78 is 14.4. The summed E-state index contributed by atoms with van der Waals surface area (Å²) in [5, 5.41) is 19.6. The SMILES string of the molecule is C=CCOC(=O)O[C@@H]1[C@H](O)C[C@]2(O)C[C@H]1OC2=O. The van der Waals surface area contributed by atoms with E-state index in [0.29, 0.717) is 0 Å². The molecule has 0 amide bonds. The number of esters is 1. The molecule has 1 aliphatic carbocycles. The zero-order chi connectivity index (χ0) is 13.3. The van der Waals surface area contributed by atoms with Crippen LogP contribution in [0.15, 0.2) is 12.7 Å². The van der Waals surface area contributed by atoms with Gasteiger partial charge in [0.1, 0.15) is 12.7 Å². The van der Waals surface area contributed by atoms with Crippen molar-refractivity contribution in [1.82, 2.24) is 0 Å². The molecule has 100 valence electrons. The fourth-order valence-corrected chi connectivity index (χ4v) is 2.19. The van der Waals surface area contributed by atoms with Gasteiger partial charge in [-0.3, -0.25) is 0 Å². The van der Waals surface area contributed by atoms with E-state index in [1.165, 1.54) is 6.08 Å². The van der Waals surface area contributed by atoms with Crippen LogP contribution in [0.1, 0.15) is 12.8 Å². The van der Waals surface area contributed by atoms with Gasteiger partial charge in [-0.2, -0.15) is 0 Å². The summed E-state index contributed by atoms with van der Waals surface area (Å²) in [4.78, 5) is 22.6. The van der Waals surface area contributed by atoms with Crippen LogP contribution in [0.3, 0.4) is 0 Å². The lowest BCUT2D eigenvalue weighted by atomic mass is 9.82. The van der Waals surface area contributed by atoms with E-state index in [-0.39, 0.29) is 19.4 Å². The first-order valence-corrected chi connectivity index (χ1v) is 5.52. The summed E-state index contributed by atoms with van der Waals surface area (Å²) in [6, 6.07) is 0. The average molecular weight is 258 g/mol. The molecule has 7 nitrogen and oxygen atoms in total. The van der Waals surface area contributed by atoms with Crippen LogP contribution in [0, 0.1) is 0 Å². The number of aliphatic hydroxyl groups is 2. The van der Waals surface area contributed by atoms with E-state index < -0.39 is 36.0 Å². The zero-order valence-electron chi connectivity index (χ0n) is 9.57. The molecule has 0 aromatic carbocycles. The lowest BCUT2D eigenvalue weighted by Crippen LogP contribution is -2.50. The van der Waals surface area contributed by atoms with Crippen molar-refractivity contribution in [2.75, 3.05) is 6.61 Å². The van der Waals surface area contributed by atoms with Gasteiger partial charge in [0, 0.05) is 12.8 Å². The van der Waals surface area contributed by atoms with E-state index in [2.05, 4.69) is 11.3 Å². The highest BCUT2D eigenvalue weighted by Crippen LogP contribution is 2.39. The monoisotopic (exact) mass is 258 g/mol. The number of hydrogen-bond donors (Lipinski definition) is 2. The third-order valence-corrected chi connectivity index (χ3v) is 3.02. The first kappa shape index (κ1) is 12.8. The number of aliphatic hydroxyl groups excluding tert-OH is 1. The highest BCUT2D eigenvalue weighted by molar-refractivity contribution is 5.82. The normalized spacial score (nSPS) is 37.9. The Morgan fingerprint density at radius 2 is 2.33 bits per heavy atom. The molecule has 2 rings (SSSR count). The molecule has 1 heterocycles. The second-order valence-electron chi connectivity index (χ2n) is 4.38. The number of carbonyl (C=O) groups excluding carboxylic acids is 2. The molecular formula is C11H14O7. The molecule has 1 aliphatic heterocycles. The molecule has 2 aliphatic rings. The Morgan fingerprint density at radius 3 is 3.00 bits per heavy atom. The number of fused-ring (bicyclic) bond motifs is 2. The van der Waals surface area contributed by atoms with Crippen molar-refractivity contribution < 1.29 is 34.0 Å². The van der Waals surface area contributed by atoms with Crippen molar-refractivity contribution in [2.45, 2.75) is 36.8 Å². The minimum atomic E-state index is -1.67. The maximum Gasteiger partial charge on any atom is 0.509 e. The van der Waals surface area contributed by atoms with Gasteiger partial charge in [-0.25, -0.2) is 9.59 Å². The smallest absolute Gasteiger partial charge is 0.456 e. The standard InChI is InChI=1S/C11H14O7/c1-2-3-16-10(14)18-8-6(12)4-11(15)5-7(8)17-9(11)13/h2,6-8,12,15H,1,3-5H2/t6-,7-,8-,11+/m1/s1. The second-order valence-corrected chi connectivity index (χ2v) is 4.38. The minimum absolute atomic E-state index is 0.00228. The Morgan fingerprint density at radius 1 is 1.61 bits per heavy atom. The summed E-state index contributed by atoms with van der Waals surface area (Å²) >= 11 is 0. The zero-order valence-corrected chi connectivity index (χ0v) is 9.57. The van der Waals surface area contributed by atoms with Crippen LogP contribution in [-0.2, 0) is 19.0 Å². The fraction of sp³-hybridized carbons (Fsp3) is 0.636. The molecule has 0 radical (unpaired) electrons. The van der Waals surface area contributed by atoms with Crippen molar-refractivity contribution in [2.24, 2.45) is 0 Å². The van der Waals surface area contributed by atoms with Crippen LogP contribution in [0.25, 0.3) is 0 Å². The Bertz CT molecular complexity index is 380. The van der Waals surface area contributed by atoms with Crippen LogP contribution in [0.2, 0.25) is 0 Å². The molecular weight excluding hydrogens is 244 g/mol. The van der Waals surface area contributed by atoms with E-state index in [1.54, 1.807) is 0 Å². The number of carbonyl (C=O) groups is 2. The third-order valence-electron chi connectivity index (χ3n) is 3.02. The third kappa shape index (κ3) is 2.19. The Balaban J connectivity index is 2.00. The summed E-state index contributed by atoms with van der Waals surface area (Å²) in [6.45, 7) is 3.35. The molecule has 0 unspecified atom stereocenters. The van der Waals surface area contributed by atoms with Crippen molar-refractivity contribution in [1.29, 1.82) is 0 Å². The van der Waals surface area contributed by atoms with Gasteiger partial charge in [0.25, 0.3) is 0 Å². The molecule has 2 fully saturated rings. The first-order valence-electron chi connectivity index (χ1n) is 5.52. The Hall–Kier alpha value is -1.60. The summed E-state index contributed by atoms with van der Waals surface area (Å²) in [6.07, 6.45) is -2.86. The molecule has 0 spiro atoms. The lowest BCUT2D eigenvalue weighted by molar-refractivity contribution is -0.154. The van der Waals surface area contributed by atoms with Gasteiger partial charge < -0.3 is 24.4 Å². The maximum atomic E-state index is 11.4. The molecule has 2 bridgehead atoms. The van der Waals surface area contributed by atoms with Gasteiger partial charge in [0.05, 0.1) is 6.10 Å². The maximum absolute atomic E-state index is 11.4. The van der Waals surface area contributed by atoms with Gasteiger partial charge in [-0.05, 0) is 0 Å². The minimum Gasteiger partial charge on any atom is -0.456 e. The van der Waals surface area contributed by atoms with E-state index >= 15 is 0 Å². The quantitative estimate of drug-likeness (QED) is 0.520. The van der Waals surface area contributed by atoms with Gasteiger partial charge in [0.2, 0.25) is 0 Å². The fourth-order valence-electron chi connectivity index (χ4n) is 2.19. The molecule has 0 aromatic rings. The highest BCUT2D eigenvalue weighted by Gasteiger charge is 2.58. The topological polar surface area (TPSA) is 102 Å². The van der Waals surface area contributed by atoms with Crippen LogP contribution < -0.4 is 0 Å². The summed E-state index contributed by atoms with van der Waals surface area (Å²) in [7, 11) is 0. The van der Waals surface area contributed by atoms with Crippen LogP contribution in [-0.4, -0.2) is 52.9 Å². The molecule has 0 aromatic heterocycles. The average Bonchev–Trinajstić information content (AvgIpc) is 2.54. The van der Waals surface area contributed by atoms with E-state index in [9.17, 15) is 19.8 Å².